The maximum Gasteiger partial charge on any atom is 0.315 e. The van der Waals surface area contributed by atoms with E-state index in [0.29, 0.717) is 32.0 Å². The highest BCUT2D eigenvalue weighted by Crippen LogP contribution is 2.26. The van der Waals surface area contributed by atoms with E-state index in [2.05, 4.69) is 10.6 Å². The number of rotatable bonds is 8. The quantitative estimate of drug-likeness (QED) is 0.689. The van der Waals surface area contributed by atoms with E-state index in [1.54, 1.807) is 0 Å². The highest BCUT2D eigenvalue weighted by atomic mass is 16.5. The maximum atomic E-state index is 11.8. The largest absolute Gasteiger partial charge is 0.490 e. The Morgan fingerprint density at radius 3 is 2.78 bits per heavy atom. The molecule has 0 radical (unpaired) electrons. The van der Waals surface area contributed by atoms with Crippen molar-refractivity contribution in [2.75, 3.05) is 6.54 Å². The van der Waals surface area contributed by atoms with Crippen LogP contribution < -0.4 is 15.4 Å². The van der Waals surface area contributed by atoms with Crippen LogP contribution in [0, 0.1) is 0 Å². The molecule has 2 amide bonds. The van der Waals surface area contributed by atoms with Crippen LogP contribution in [-0.2, 0) is 6.54 Å². The fourth-order valence-electron chi connectivity index (χ4n) is 2.75. The third kappa shape index (κ3) is 6.10. The van der Waals surface area contributed by atoms with Gasteiger partial charge in [0.1, 0.15) is 5.75 Å². The van der Waals surface area contributed by atoms with Gasteiger partial charge < -0.3 is 20.5 Å². The molecule has 1 aliphatic rings. The van der Waals surface area contributed by atoms with E-state index in [9.17, 15) is 9.90 Å². The molecule has 1 saturated carbocycles. The zero-order chi connectivity index (χ0) is 16.5. The molecular formula is C18H28N2O3. The lowest BCUT2D eigenvalue weighted by molar-refractivity contribution is 0.160. The van der Waals surface area contributed by atoms with Crippen LogP contribution in [0.1, 0.15) is 51.0 Å². The van der Waals surface area contributed by atoms with E-state index in [1.165, 1.54) is 12.8 Å². The van der Waals surface area contributed by atoms with Gasteiger partial charge in [-0.2, -0.15) is 0 Å². The van der Waals surface area contributed by atoms with Crippen LogP contribution in [0.15, 0.2) is 24.3 Å². The Bertz CT molecular complexity index is 487. The molecule has 1 unspecified atom stereocenters. The van der Waals surface area contributed by atoms with E-state index in [1.807, 2.05) is 31.2 Å². The Morgan fingerprint density at radius 1 is 1.30 bits per heavy atom. The molecule has 1 aromatic carbocycles. The van der Waals surface area contributed by atoms with Crippen molar-refractivity contribution >= 4 is 6.03 Å². The monoisotopic (exact) mass is 320 g/mol. The second kappa shape index (κ2) is 9.40. The summed E-state index contributed by atoms with van der Waals surface area (Å²) in [5.41, 5.74) is 0.989. The van der Waals surface area contributed by atoms with E-state index in [0.717, 1.165) is 24.2 Å². The molecule has 1 aliphatic carbocycles. The van der Waals surface area contributed by atoms with E-state index < -0.39 is 0 Å². The average Bonchev–Trinajstić information content (AvgIpc) is 3.07. The summed E-state index contributed by atoms with van der Waals surface area (Å²) in [7, 11) is 0. The molecule has 0 bridgehead atoms. The highest BCUT2D eigenvalue weighted by Gasteiger charge is 2.17. The number of benzene rings is 1. The molecule has 0 spiro atoms. The van der Waals surface area contributed by atoms with Gasteiger partial charge in [0.2, 0.25) is 0 Å². The summed E-state index contributed by atoms with van der Waals surface area (Å²) in [6.45, 7) is 2.83. The van der Waals surface area contributed by atoms with Gasteiger partial charge in [0.05, 0.1) is 12.2 Å². The van der Waals surface area contributed by atoms with Gasteiger partial charge in [-0.15, -0.1) is 0 Å². The fourth-order valence-corrected chi connectivity index (χ4v) is 2.75. The van der Waals surface area contributed by atoms with Crippen LogP contribution in [-0.4, -0.2) is 29.9 Å². The van der Waals surface area contributed by atoms with Crippen LogP contribution >= 0.6 is 0 Å². The summed E-state index contributed by atoms with van der Waals surface area (Å²) in [6, 6.07) is 7.63. The van der Waals surface area contributed by atoms with Crippen LogP contribution in [0.3, 0.4) is 0 Å². The van der Waals surface area contributed by atoms with Gasteiger partial charge in [0.25, 0.3) is 0 Å². The third-order valence-corrected chi connectivity index (χ3v) is 4.24. The summed E-state index contributed by atoms with van der Waals surface area (Å²) in [4.78, 5) is 11.8. The van der Waals surface area contributed by atoms with E-state index in [4.69, 9.17) is 4.74 Å². The summed E-state index contributed by atoms with van der Waals surface area (Å²) in [6.07, 6.45) is 5.93. The minimum absolute atomic E-state index is 0.219. The molecular weight excluding hydrogens is 292 g/mol. The second-order valence-electron chi connectivity index (χ2n) is 6.09. The summed E-state index contributed by atoms with van der Waals surface area (Å²) in [5, 5.41) is 15.1. The fraction of sp³-hybridized carbons (Fsp3) is 0.611. The Morgan fingerprint density at radius 2 is 2.04 bits per heavy atom. The minimum atomic E-state index is -0.351. The molecule has 3 N–H and O–H groups in total. The number of aliphatic hydroxyl groups is 1. The third-order valence-electron chi connectivity index (χ3n) is 4.24. The first kappa shape index (κ1) is 17.6. The Kier molecular flexibility index (Phi) is 7.20. The number of urea groups is 1. The number of carbonyl (C=O) groups excluding carboxylic acids is 1. The molecule has 2 rings (SSSR count). The van der Waals surface area contributed by atoms with Gasteiger partial charge in [-0.1, -0.05) is 25.1 Å². The summed E-state index contributed by atoms with van der Waals surface area (Å²) >= 11 is 0. The van der Waals surface area contributed by atoms with Crippen LogP contribution in [0.25, 0.3) is 0 Å². The van der Waals surface area contributed by atoms with Crippen molar-refractivity contribution in [1.29, 1.82) is 0 Å². The first-order chi connectivity index (χ1) is 11.2. The molecule has 1 atom stereocenters. The topological polar surface area (TPSA) is 70.6 Å². The van der Waals surface area contributed by atoms with Crippen molar-refractivity contribution in [3.8, 4) is 5.75 Å². The van der Waals surface area contributed by atoms with Crippen molar-refractivity contribution in [3.05, 3.63) is 29.8 Å². The van der Waals surface area contributed by atoms with Gasteiger partial charge in [0.15, 0.2) is 0 Å². The average molecular weight is 320 g/mol. The highest BCUT2D eigenvalue weighted by molar-refractivity contribution is 5.73. The number of para-hydroxylation sites is 1. The van der Waals surface area contributed by atoms with E-state index in [-0.39, 0.29) is 12.1 Å². The van der Waals surface area contributed by atoms with Crippen LogP contribution in [0.2, 0.25) is 0 Å². The summed E-state index contributed by atoms with van der Waals surface area (Å²) in [5.74, 6) is 0.862. The van der Waals surface area contributed by atoms with Gasteiger partial charge >= 0.3 is 6.03 Å². The minimum Gasteiger partial charge on any atom is -0.490 e. The van der Waals surface area contributed by atoms with Crippen molar-refractivity contribution in [1.82, 2.24) is 10.6 Å². The number of carbonyl (C=O) groups is 1. The van der Waals surface area contributed by atoms with E-state index >= 15 is 0 Å². The molecule has 128 valence electrons. The summed E-state index contributed by atoms with van der Waals surface area (Å²) < 4.78 is 6.06. The molecule has 0 aliphatic heterocycles. The Balaban J connectivity index is 1.77. The smallest absolute Gasteiger partial charge is 0.315 e. The lowest BCUT2D eigenvalue weighted by Crippen LogP contribution is -2.36. The van der Waals surface area contributed by atoms with Crippen molar-refractivity contribution in [2.45, 2.75) is 64.2 Å². The SMILES string of the molecule is CCC(O)CCNC(=O)NCc1ccccc1OC1CCCC1. The molecule has 5 nitrogen and oxygen atoms in total. The number of nitrogens with one attached hydrogen (secondary N) is 2. The van der Waals surface area contributed by atoms with Crippen LogP contribution in [0.4, 0.5) is 4.79 Å². The normalized spacial score (nSPS) is 16.1. The van der Waals surface area contributed by atoms with Gasteiger partial charge in [-0.3, -0.25) is 0 Å². The first-order valence-electron chi connectivity index (χ1n) is 8.63. The zero-order valence-electron chi connectivity index (χ0n) is 13.9. The zero-order valence-corrected chi connectivity index (χ0v) is 13.9. The lowest BCUT2D eigenvalue weighted by Gasteiger charge is -2.17. The van der Waals surface area contributed by atoms with Crippen molar-refractivity contribution in [2.24, 2.45) is 0 Å². The molecule has 1 aromatic rings. The molecule has 0 heterocycles. The van der Waals surface area contributed by atoms with Gasteiger partial charge in [0, 0.05) is 18.7 Å². The van der Waals surface area contributed by atoms with Gasteiger partial charge in [-0.05, 0) is 44.6 Å². The molecule has 0 saturated heterocycles. The molecule has 23 heavy (non-hydrogen) atoms. The first-order valence-corrected chi connectivity index (χ1v) is 8.63. The Labute approximate surface area is 138 Å². The number of ether oxygens (including phenoxy) is 1. The number of hydrogen-bond donors (Lipinski definition) is 3. The lowest BCUT2D eigenvalue weighted by atomic mass is 10.2. The number of amides is 2. The second-order valence-corrected chi connectivity index (χ2v) is 6.09. The standard InChI is InChI=1S/C18H28N2O3/c1-2-15(21)11-12-19-18(22)20-13-14-7-3-6-10-17(14)23-16-8-4-5-9-16/h3,6-7,10,15-16,21H,2,4-5,8-9,11-13H2,1H3,(H2,19,20,22). The van der Waals surface area contributed by atoms with Crippen molar-refractivity contribution < 1.29 is 14.6 Å². The number of hydrogen-bond acceptors (Lipinski definition) is 3. The molecule has 1 fully saturated rings. The number of aliphatic hydroxyl groups excluding tert-OH is 1. The predicted molar refractivity (Wildman–Crippen MR) is 90.5 cm³/mol. The van der Waals surface area contributed by atoms with Crippen molar-refractivity contribution in [3.63, 3.8) is 0 Å². The van der Waals surface area contributed by atoms with Crippen LogP contribution in [0.5, 0.6) is 5.75 Å². The van der Waals surface area contributed by atoms with Gasteiger partial charge in [-0.25, -0.2) is 4.79 Å². The molecule has 5 heteroatoms. The predicted octanol–water partition coefficient (Wildman–Crippen LogP) is 2.97. The maximum absolute atomic E-state index is 11.8. The Hall–Kier alpha value is -1.75. The molecule has 0 aromatic heterocycles.